The predicted molar refractivity (Wildman–Crippen MR) is 61.4 cm³/mol. The molecule has 1 aliphatic carbocycles. The van der Waals surface area contributed by atoms with Crippen LogP contribution in [0.25, 0.3) is 0 Å². The van der Waals surface area contributed by atoms with Crippen molar-refractivity contribution in [3.05, 3.63) is 0 Å². The normalized spacial score (nSPS) is 41.1. The second kappa shape index (κ2) is 5.02. The smallest absolute Gasteiger partial charge is 0.0654 e. The van der Waals surface area contributed by atoms with Crippen molar-refractivity contribution in [1.82, 2.24) is 10.2 Å². The van der Waals surface area contributed by atoms with E-state index in [1.54, 1.807) is 0 Å². The minimum absolute atomic E-state index is 0.142. The largest absolute Gasteiger partial charge is 0.314 e. The van der Waals surface area contributed by atoms with Crippen molar-refractivity contribution < 1.29 is 0 Å². The lowest BCUT2D eigenvalue weighted by atomic mass is 9.93. The van der Waals surface area contributed by atoms with Gasteiger partial charge in [0.25, 0.3) is 0 Å². The molecule has 2 rings (SSSR count). The number of piperazine rings is 1. The summed E-state index contributed by atoms with van der Waals surface area (Å²) in [5, 5.41) is 3.68. The van der Waals surface area contributed by atoms with E-state index in [1.807, 2.05) is 0 Å². The van der Waals surface area contributed by atoms with Gasteiger partial charge in [-0.15, -0.1) is 23.2 Å². The zero-order chi connectivity index (χ0) is 9.97. The van der Waals surface area contributed by atoms with Crippen molar-refractivity contribution in [3.63, 3.8) is 0 Å². The maximum atomic E-state index is 6.37. The number of alkyl halides is 2. The van der Waals surface area contributed by atoms with E-state index in [0.29, 0.717) is 6.04 Å². The van der Waals surface area contributed by atoms with Crippen LogP contribution in [0.2, 0.25) is 0 Å². The molecule has 14 heavy (non-hydrogen) atoms. The fourth-order valence-corrected chi connectivity index (χ4v) is 3.21. The number of nitrogens with zero attached hydrogens (tertiary/aromatic N) is 1. The number of hydrogen-bond acceptors (Lipinski definition) is 2. The van der Waals surface area contributed by atoms with Crippen LogP contribution in [0.3, 0.4) is 0 Å². The Morgan fingerprint density at radius 2 is 1.79 bits per heavy atom. The van der Waals surface area contributed by atoms with Crippen LogP contribution in [0.1, 0.15) is 19.3 Å². The van der Waals surface area contributed by atoms with Gasteiger partial charge in [-0.1, -0.05) is 6.42 Å². The van der Waals surface area contributed by atoms with Crippen LogP contribution >= 0.6 is 23.2 Å². The van der Waals surface area contributed by atoms with E-state index in [4.69, 9.17) is 23.2 Å². The Morgan fingerprint density at radius 1 is 1.07 bits per heavy atom. The summed E-state index contributed by atoms with van der Waals surface area (Å²) in [6, 6.07) is 0.509. The zero-order valence-corrected chi connectivity index (χ0v) is 9.90. The van der Waals surface area contributed by atoms with Crippen LogP contribution in [0.4, 0.5) is 0 Å². The Morgan fingerprint density at radius 3 is 2.50 bits per heavy atom. The van der Waals surface area contributed by atoms with E-state index in [0.717, 1.165) is 32.6 Å². The number of hydrogen-bond donors (Lipinski definition) is 1. The molecule has 0 radical (unpaired) electrons. The first-order valence-corrected chi connectivity index (χ1v) is 6.39. The summed E-state index contributed by atoms with van der Waals surface area (Å²) in [5.74, 6) is 0. The second-order valence-corrected chi connectivity index (χ2v) is 5.31. The molecule has 1 saturated heterocycles. The number of nitrogens with one attached hydrogen (secondary N) is 1. The standard InChI is InChI=1S/C10H18Cl2N2/c11-8-2-1-3-9(10(8)12)14-6-4-13-5-7-14/h8-10,13H,1-7H2. The van der Waals surface area contributed by atoms with Gasteiger partial charge in [0.2, 0.25) is 0 Å². The molecule has 0 aromatic rings. The Bertz CT molecular complexity index is 183. The molecule has 1 heterocycles. The van der Waals surface area contributed by atoms with Gasteiger partial charge in [0, 0.05) is 32.2 Å². The first kappa shape index (κ1) is 11.0. The third kappa shape index (κ3) is 2.35. The first-order valence-electron chi connectivity index (χ1n) is 5.52. The summed E-state index contributed by atoms with van der Waals surface area (Å²) in [6.07, 6.45) is 3.53. The highest BCUT2D eigenvalue weighted by molar-refractivity contribution is 6.30. The Kier molecular flexibility index (Phi) is 3.94. The highest BCUT2D eigenvalue weighted by atomic mass is 35.5. The molecule has 3 unspecified atom stereocenters. The molecule has 0 bridgehead atoms. The van der Waals surface area contributed by atoms with E-state index in [2.05, 4.69) is 10.2 Å². The van der Waals surface area contributed by atoms with Crippen molar-refractivity contribution in [2.75, 3.05) is 26.2 Å². The second-order valence-electron chi connectivity index (χ2n) is 4.24. The van der Waals surface area contributed by atoms with E-state index in [-0.39, 0.29) is 10.8 Å². The van der Waals surface area contributed by atoms with Crippen LogP contribution in [-0.4, -0.2) is 47.9 Å². The average Bonchev–Trinajstić information content (AvgIpc) is 2.23. The van der Waals surface area contributed by atoms with E-state index < -0.39 is 0 Å². The molecule has 1 aliphatic heterocycles. The fraction of sp³-hybridized carbons (Fsp3) is 1.00. The highest BCUT2D eigenvalue weighted by Crippen LogP contribution is 2.31. The van der Waals surface area contributed by atoms with Crippen LogP contribution in [0.5, 0.6) is 0 Å². The minimum Gasteiger partial charge on any atom is -0.314 e. The van der Waals surface area contributed by atoms with Gasteiger partial charge in [0.15, 0.2) is 0 Å². The quantitative estimate of drug-likeness (QED) is 0.698. The summed E-state index contributed by atoms with van der Waals surface area (Å²) in [4.78, 5) is 2.50. The van der Waals surface area contributed by atoms with Crippen molar-refractivity contribution in [2.24, 2.45) is 0 Å². The summed E-state index contributed by atoms with van der Waals surface area (Å²) in [5.41, 5.74) is 0. The third-order valence-electron chi connectivity index (χ3n) is 3.31. The molecule has 0 spiro atoms. The van der Waals surface area contributed by atoms with Gasteiger partial charge in [-0.2, -0.15) is 0 Å². The lowest BCUT2D eigenvalue weighted by Crippen LogP contribution is -2.54. The summed E-state index contributed by atoms with van der Waals surface area (Å²) in [7, 11) is 0. The van der Waals surface area contributed by atoms with Crippen molar-refractivity contribution in [1.29, 1.82) is 0 Å². The summed E-state index contributed by atoms with van der Waals surface area (Å²) >= 11 is 12.6. The molecule has 2 aliphatic rings. The average molecular weight is 237 g/mol. The summed E-state index contributed by atoms with van der Waals surface area (Å²) < 4.78 is 0. The molecule has 0 aromatic heterocycles. The van der Waals surface area contributed by atoms with Crippen molar-refractivity contribution >= 4 is 23.2 Å². The molecule has 82 valence electrons. The number of halogens is 2. The molecule has 0 amide bonds. The van der Waals surface area contributed by atoms with E-state index >= 15 is 0 Å². The third-order valence-corrected chi connectivity index (χ3v) is 4.53. The van der Waals surface area contributed by atoms with Gasteiger partial charge >= 0.3 is 0 Å². The molecule has 1 saturated carbocycles. The van der Waals surface area contributed by atoms with Crippen LogP contribution in [0.15, 0.2) is 0 Å². The van der Waals surface area contributed by atoms with Crippen LogP contribution in [0, 0.1) is 0 Å². The van der Waals surface area contributed by atoms with E-state index in [1.165, 1.54) is 12.8 Å². The van der Waals surface area contributed by atoms with Gasteiger partial charge in [0.1, 0.15) is 0 Å². The molecular weight excluding hydrogens is 219 g/mol. The molecule has 0 aromatic carbocycles. The van der Waals surface area contributed by atoms with Gasteiger partial charge < -0.3 is 5.32 Å². The van der Waals surface area contributed by atoms with Crippen LogP contribution < -0.4 is 5.32 Å². The van der Waals surface area contributed by atoms with Gasteiger partial charge in [0.05, 0.1) is 10.8 Å². The maximum Gasteiger partial charge on any atom is 0.0654 e. The first-order chi connectivity index (χ1) is 6.79. The Labute approximate surface area is 95.9 Å². The SMILES string of the molecule is ClC1CCCC(N2CCNCC2)C1Cl. The molecule has 4 heteroatoms. The monoisotopic (exact) mass is 236 g/mol. The topological polar surface area (TPSA) is 15.3 Å². The zero-order valence-electron chi connectivity index (χ0n) is 8.38. The van der Waals surface area contributed by atoms with Gasteiger partial charge in [-0.05, 0) is 12.8 Å². The predicted octanol–water partition coefficient (Wildman–Crippen LogP) is 1.66. The fourth-order valence-electron chi connectivity index (χ4n) is 2.48. The lowest BCUT2D eigenvalue weighted by molar-refractivity contribution is 0.143. The lowest BCUT2D eigenvalue weighted by Gasteiger charge is -2.41. The minimum atomic E-state index is 0.142. The van der Waals surface area contributed by atoms with Crippen LogP contribution in [-0.2, 0) is 0 Å². The maximum absolute atomic E-state index is 6.37. The van der Waals surface area contributed by atoms with E-state index in [9.17, 15) is 0 Å². The Hall–Kier alpha value is 0.500. The van der Waals surface area contributed by atoms with Crippen molar-refractivity contribution in [3.8, 4) is 0 Å². The van der Waals surface area contributed by atoms with Gasteiger partial charge in [-0.25, -0.2) is 0 Å². The molecule has 3 atom stereocenters. The van der Waals surface area contributed by atoms with Gasteiger partial charge in [-0.3, -0.25) is 4.90 Å². The number of rotatable bonds is 1. The Balaban J connectivity index is 1.93. The molecule has 2 fully saturated rings. The van der Waals surface area contributed by atoms with Crippen molar-refractivity contribution in [2.45, 2.75) is 36.1 Å². The molecule has 1 N–H and O–H groups in total. The molecular formula is C10H18Cl2N2. The summed E-state index contributed by atoms with van der Waals surface area (Å²) in [6.45, 7) is 4.43. The highest BCUT2D eigenvalue weighted by Gasteiger charge is 2.34. The molecule has 2 nitrogen and oxygen atoms in total.